The van der Waals surface area contributed by atoms with E-state index in [9.17, 15) is 4.79 Å². The van der Waals surface area contributed by atoms with Crippen LogP contribution in [-0.4, -0.2) is 39.4 Å². The Hall–Kier alpha value is -2.11. The van der Waals surface area contributed by atoms with Crippen molar-refractivity contribution in [1.82, 2.24) is 14.9 Å². The monoisotopic (exact) mass is 330 g/mol. The van der Waals surface area contributed by atoms with Crippen molar-refractivity contribution < 1.29 is 9.21 Å². The average Bonchev–Trinajstić information content (AvgIpc) is 3.01. The van der Waals surface area contributed by atoms with Crippen LogP contribution in [0.5, 0.6) is 0 Å². The van der Waals surface area contributed by atoms with Crippen molar-refractivity contribution in [2.75, 3.05) is 18.4 Å². The van der Waals surface area contributed by atoms with Gasteiger partial charge in [-0.3, -0.25) is 4.79 Å². The molecular weight excluding hydrogens is 304 g/mol. The van der Waals surface area contributed by atoms with Gasteiger partial charge in [0.2, 0.25) is 5.71 Å². The Balaban J connectivity index is 0.000000815. The summed E-state index contributed by atoms with van der Waals surface area (Å²) in [6, 6.07) is 0. The first kappa shape index (κ1) is 16.7. The second kappa shape index (κ2) is 6.42. The molecule has 0 atom stereocenters. The Morgan fingerprint density at radius 1 is 1.25 bits per heavy atom. The zero-order valence-electron chi connectivity index (χ0n) is 15.0. The van der Waals surface area contributed by atoms with Crippen LogP contribution in [-0.2, 0) is 0 Å². The van der Waals surface area contributed by atoms with Crippen molar-refractivity contribution in [1.29, 1.82) is 0 Å². The normalized spacial score (nSPS) is 18.2. The number of nitrogens with zero attached hydrogens (tertiary/aromatic N) is 3. The molecule has 2 aromatic heterocycles. The number of rotatable bonds is 3. The number of anilines is 1. The second-order valence-corrected chi connectivity index (χ2v) is 6.62. The Kier molecular flexibility index (Phi) is 4.47. The Bertz CT molecular complexity index is 743. The topological polar surface area (TPSA) is 71.3 Å². The summed E-state index contributed by atoms with van der Waals surface area (Å²) < 4.78 is 5.72. The minimum Gasteiger partial charge on any atom is -0.442 e. The van der Waals surface area contributed by atoms with E-state index in [0.29, 0.717) is 22.9 Å². The minimum absolute atomic E-state index is 0.0348. The van der Waals surface area contributed by atoms with Crippen LogP contribution in [0.2, 0.25) is 0 Å². The molecule has 1 aliphatic carbocycles. The van der Waals surface area contributed by atoms with E-state index in [1.807, 2.05) is 25.7 Å². The molecule has 130 valence electrons. The fourth-order valence-electron chi connectivity index (χ4n) is 3.07. The van der Waals surface area contributed by atoms with Gasteiger partial charge >= 0.3 is 0 Å². The SMILES string of the molecule is CC.Cc1oc2ncnc(NC3(C)CC3)c2c1C(=O)N1CCCC1. The molecule has 1 N–H and O–H groups in total. The molecule has 0 radical (unpaired) electrons. The summed E-state index contributed by atoms with van der Waals surface area (Å²) in [6.45, 7) is 9.63. The molecule has 1 saturated heterocycles. The first-order valence-electron chi connectivity index (χ1n) is 8.89. The molecule has 0 aromatic carbocycles. The molecule has 0 spiro atoms. The number of aromatic nitrogens is 2. The molecule has 1 aliphatic heterocycles. The van der Waals surface area contributed by atoms with E-state index in [0.717, 1.165) is 44.2 Å². The highest BCUT2D eigenvalue weighted by molar-refractivity contribution is 6.10. The number of hydrogen-bond donors (Lipinski definition) is 1. The van der Waals surface area contributed by atoms with Crippen molar-refractivity contribution in [2.24, 2.45) is 0 Å². The first-order valence-corrected chi connectivity index (χ1v) is 8.89. The number of likely N-dealkylation sites (tertiary alicyclic amines) is 1. The van der Waals surface area contributed by atoms with Gasteiger partial charge in [0.25, 0.3) is 5.91 Å². The molecule has 2 aromatic rings. The number of furan rings is 1. The summed E-state index contributed by atoms with van der Waals surface area (Å²) in [5.74, 6) is 1.37. The van der Waals surface area contributed by atoms with Crippen LogP contribution in [0.3, 0.4) is 0 Å². The van der Waals surface area contributed by atoms with Crippen molar-refractivity contribution in [3.8, 4) is 0 Å². The van der Waals surface area contributed by atoms with E-state index >= 15 is 0 Å². The van der Waals surface area contributed by atoms with E-state index in [4.69, 9.17) is 4.42 Å². The summed E-state index contributed by atoms with van der Waals surface area (Å²) in [5, 5.41) is 4.18. The van der Waals surface area contributed by atoms with Gasteiger partial charge in [-0.25, -0.2) is 9.97 Å². The van der Waals surface area contributed by atoms with Gasteiger partial charge in [0.05, 0.1) is 10.9 Å². The molecule has 0 bridgehead atoms. The van der Waals surface area contributed by atoms with E-state index < -0.39 is 0 Å². The van der Waals surface area contributed by atoms with Crippen molar-refractivity contribution >= 4 is 22.8 Å². The van der Waals surface area contributed by atoms with Crippen LogP contribution in [0.25, 0.3) is 11.1 Å². The van der Waals surface area contributed by atoms with Crippen molar-refractivity contribution in [2.45, 2.75) is 58.9 Å². The van der Waals surface area contributed by atoms with Crippen molar-refractivity contribution in [3.63, 3.8) is 0 Å². The number of fused-ring (bicyclic) bond motifs is 1. The van der Waals surface area contributed by atoms with Gasteiger partial charge in [-0.15, -0.1) is 0 Å². The number of carbonyl (C=O) groups is 1. The molecule has 2 aliphatic rings. The molecule has 3 heterocycles. The maximum atomic E-state index is 12.9. The van der Waals surface area contributed by atoms with Crippen LogP contribution < -0.4 is 5.32 Å². The third-order valence-corrected chi connectivity index (χ3v) is 4.69. The summed E-state index contributed by atoms with van der Waals surface area (Å²) in [7, 11) is 0. The highest BCUT2D eigenvalue weighted by Crippen LogP contribution is 2.40. The first-order chi connectivity index (χ1) is 11.6. The molecule has 1 amide bonds. The quantitative estimate of drug-likeness (QED) is 0.928. The molecular formula is C18H26N4O2. The summed E-state index contributed by atoms with van der Waals surface area (Å²) in [5.41, 5.74) is 1.19. The lowest BCUT2D eigenvalue weighted by Gasteiger charge is -2.16. The van der Waals surface area contributed by atoms with Gasteiger partial charge in [-0.05, 0) is 39.5 Å². The number of amides is 1. The smallest absolute Gasteiger partial charge is 0.258 e. The van der Waals surface area contributed by atoms with Crippen LogP contribution in [0.15, 0.2) is 10.7 Å². The van der Waals surface area contributed by atoms with E-state index in [1.165, 1.54) is 6.33 Å². The maximum absolute atomic E-state index is 12.9. The lowest BCUT2D eigenvalue weighted by atomic mass is 10.1. The van der Waals surface area contributed by atoms with Crippen LogP contribution in [0, 0.1) is 6.92 Å². The lowest BCUT2D eigenvalue weighted by Crippen LogP contribution is -2.28. The maximum Gasteiger partial charge on any atom is 0.258 e. The lowest BCUT2D eigenvalue weighted by molar-refractivity contribution is 0.0792. The van der Waals surface area contributed by atoms with E-state index in [-0.39, 0.29) is 11.4 Å². The summed E-state index contributed by atoms with van der Waals surface area (Å²) in [6.07, 6.45) is 5.86. The fourth-order valence-corrected chi connectivity index (χ4v) is 3.07. The molecule has 2 fully saturated rings. The molecule has 24 heavy (non-hydrogen) atoms. The summed E-state index contributed by atoms with van der Waals surface area (Å²) >= 11 is 0. The van der Waals surface area contributed by atoms with Crippen LogP contribution in [0.4, 0.5) is 5.82 Å². The Morgan fingerprint density at radius 2 is 1.92 bits per heavy atom. The summed E-state index contributed by atoms with van der Waals surface area (Å²) in [4.78, 5) is 23.3. The number of hydrogen-bond acceptors (Lipinski definition) is 5. The number of carbonyl (C=O) groups excluding carboxylic acids is 1. The highest BCUT2D eigenvalue weighted by atomic mass is 16.3. The largest absolute Gasteiger partial charge is 0.442 e. The third-order valence-electron chi connectivity index (χ3n) is 4.69. The third kappa shape index (κ3) is 2.97. The van der Waals surface area contributed by atoms with Gasteiger partial charge in [-0.2, -0.15) is 0 Å². The van der Waals surface area contributed by atoms with Crippen LogP contribution in [0.1, 0.15) is 62.6 Å². The van der Waals surface area contributed by atoms with Gasteiger partial charge in [0.15, 0.2) is 0 Å². The highest BCUT2D eigenvalue weighted by Gasteiger charge is 2.39. The zero-order valence-corrected chi connectivity index (χ0v) is 15.0. The van der Waals surface area contributed by atoms with E-state index in [2.05, 4.69) is 22.2 Å². The minimum atomic E-state index is 0.0348. The molecule has 1 saturated carbocycles. The molecule has 6 heteroatoms. The van der Waals surface area contributed by atoms with Gasteiger partial charge in [0.1, 0.15) is 17.9 Å². The average molecular weight is 330 g/mol. The Morgan fingerprint density at radius 3 is 2.54 bits per heavy atom. The molecule has 4 rings (SSSR count). The van der Waals surface area contributed by atoms with Gasteiger partial charge < -0.3 is 14.6 Å². The fraction of sp³-hybridized carbons (Fsp3) is 0.611. The second-order valence-electron chi connectivity index (χ2n) is 6.62. The van der Waals surface area contributed by atoms with Gasteiger partial charge in [-0.1, -0.05) is 13.8 Å². The van der Waals surface area contributed by atoms with Gasteiger partial charge in [0, 0.05) is 18.6 Å². The standard InChI is InChI=1S/C16H20N4O2.C2H6/c1-10-11(15(21)20-7-3-4-8-20)12-13(19-16(2)5-6-16)17-9-18-14(12)22-10;1-2/h9H,3-8H2,1-2H3,(H,17,18,19);1-2H3. The van der Waals surface area contributed by atoms with Crippen LogP contribution >= 0.6 is 0 Å². The molecule has 0 unspecified atom stereocenters. The zero-order chi connectivity index (χ0) is 17.3. The number of nitrogens with one attached hydrogen (secondary N) is 1. The van der Waals surface area contributed by atoms with Crippen molar-refractivity contribution in [3.05, 3.63) is 17.7 Å². The Labute approximate surface area is 142 Å². The molecule has 6 nitrogen and oxygen atoms in total. The number of aryl methyl sites for hydroxylation is 1. The predicted octanol–water partition coefficient (Wildman–Crippen LogP) is 3.76. The predicted molar refractivity (Wildman–Crippen MR) is 94.3 cm³/mol. The van der Waals surface area contributed by atoms with E-state index in [1.54, 1.807) is 0 Å².